The number of amides is 1. The lowest BCUT2D eigenvalue weighted by Crippen LogP contribution is -2.05. The summed E-state index contributed by atoms with van der Waals surface area (Å²) in [4.78, 5) is 19.7. The van der Waals surface area contributed by atoms with Crippen LogP contribution in [0.25, 0.3) is 6.08 Å². The third-order valence-corrected chi connectivity index (χ3v) is 1.69. The Morgan fingerprint density at radius 1 is 1.38 bits per heavy atom. The Hall–Kier alpha value is -2.31. The Labute approximate surface area is 88.3 Å². The highest BCUT2D eigenvalue weighted by molar-refractivity contribution is 5.90. The second kappa shape index (κ2) is 4.47. The van der Waals surface area contributed by atoms with Gasteiger partial charge in [0.1, 0.15) is 5.82 Å². The van der Waals surface area contributed by atoms with Crippen LogP contribution in [0.3, 0.4) is 0 Å². The van der Waals surface area contributed by atoms with Gasteiger partial charge in [-0.2, -0.15) is 4.39 Å². The summed E-state index contributed by atoms with van der Waals surface area (Å²) < 4.78 is 26.0. The zero-order chi connectivity index (χ0) is 12.3. The Morgan fingerprint density at radius 2 is 2.00 bits per heavy atom. The molecule has 1 aromatic carbocycles. The van der Waals surface area contributed by atoms with Gasteiger partial charge in [0.25, 0.3) is 0 Å². The van der Waals surface area contributed by atoms with Crippen molar-refractivity contribution in [2.45, 2.75) is 0 Å². The topological polar surface area (TPSA) is 86.2 Å². The zero-order valence-electron chi connectivity index (χ0n) is 7.81. The molecule has 0 spiro atoms. The quantitative estimate of drug-likeness (QED) is 0.481. The number of hydrogen-bond acceptors (Lipinski definition) is 3. The minimum Gasteiger partial charge on any atom is -0.366 e. The van der Waals surface area contributed by atoms with Crippen molar-refractivity contribution in [3.8, 4) is 0 Å². The monoisotopic (exact) mass is 228 g/mol. The molecule has 0 aliphatic carbocycles. The fourth-order valence-electron chi connectivity index (χ4n) is 0.993. The Morgan fingerprint density at radius 3 is 2.50 bits per heavy atom. The molecular weight excluding hydrogens is 222 g/mol. The molecule has 0 bridgehead atoms. The van der Waals surface area contributed by atoms with Gasteiger partial charge in [-0.1, -0.05) is 0 Å². The molecule has 7 heteroatoms. The highest BCUT2D eigenvalue weighted by Crippen LogP contribution is 2.22. The fraction of sp³-hybridized carbons (Fsp3) is 0. The van der Waals surface area contributed by atoms with Crippen molar-refractivity contribution in [2.24, 2.45) is 5.73 Å². The summed E-state index contributed by atoms with van der Waals surface area (Å²) in [6.45, 7) is 0. The van der Waals surface area contributed by atoms with Crippen LogP contribution in [-0.2, 0) is 4.79 Å². The van der Waals surface area contributed by atoms with Gasteiger partial charge in [-0.3, -0.25) is 14.9 Å². The fourth-order valence-corrected chi connectivity index (χ4v) is 0.993. The van der Waals surface area contributed by atoms with Gasteiger partial charge in [-0.05, 0) is 6.08 Å². The second-order valence-electron chi connectivity index (χ2n) is 2.82. The van der Waals surface area contributed by atoms with Crippen molar-refractivity contribution in [1.82, 2.24) is 0 Å². The Bertz CT molecular complexity index is 486. The van der Waals surface area contributed by atoms with Crippen LogP contribution < -0.4 is 5.73 Å². The predicted molar refractivity (Wildman–Crippen MR) is 51.2 cm³/mol. The van der Waals surface area contributed by atoms with Crippen LogP contribution in [0.4, 0.5) is 14.5 Å². The first kappa shape index (κ1) is 11.8. The van der Waals surface area contributed by atoms with E-state index in [1.54, 1.807) is 0 Å². The first-order valence-electron chi connectivity index (χ1n) is 4.02. The molecule has 5 nitrogen and oxygen atoms in total. The molecule has 0 aliphatic rings. The van der Waals surface area contributed by atoms with Gasteiger partial charge in [0.15, 0.2) is 0 Å². The number of rotatable bonds is 3. The molecular formula is C9H6F2N2O3. The SMILES string of the molecule is NC(=O)C=Cc1cc([N+](=O)[O-])c(F)cc1F. The molecule has 84 valence electrons. The lowest BCUT2D eigenvalue weighted by atomic mass is 10.1. The number of carbonyl (C=O) groups excluding carboxylic acids is 1. The summed E-state index contributed by atoms with van der Waals surface area (Å²) in [7, 11) is 0. The van der Waals surface area contributed by atoms with Crippen molar-refractivity contribution in [2.75, 3.05) is 0 Å². The van der Waals surface area contributed by atoms with Crippen LogP contribution in [0.1, 0.15) is 5.56 Å². The summed E-state index contributed by atoms with van der Waals surface area (Å²) in [5.74, 6) is -3.13. The van der Waals surface area contributed by atoms with Crippen LogP contribution in [-0.4, -0.2) is 10.8 Å². The standard InChI is InChI=1S/C9H6F2N2O3/c10-6-4-7(11)8(13(15)16)3-5(6)1-2-9(12)14/h1-4H,(H2,12,14). The van der Waals surface area contributed by atoms with Crippen molar-refractivity contribution in [1.29, 1.82) is 0 Å². The van der Waals surface area contributed by atoms with E-state index in [1.165, 1.54) is 0 Å². The predicted octanol–water partition coefficient (Wildman–Crippen LogP) is 1.37. The largest absolute Gasteiger partial charge is 0.366 e. The molecule has 0 saturated heterocycles. The molecule has 0 unspecified atom stereocenters. The number of carbonyl (C=O) groups is 1. The molecule has 16 heavy (non-hydrogen) atoms. The zero-order valence-corrected chi connectivity index (χ0v) is 7.81. The van der Waals surface area contributed by atoms with Gasteiger partial charge in [-0.15, -0.1) is 0 Å². The van der Waals surface area contributed by atoms with Crippen LogP contribution in [0.15, 0.2) is 18.2 Å². The van der Waals surface area contributed by atoms with Gasteiger partial charge in [-0.25, -0.2) is 4.39 Å². The van der Waals surface area contributed by atoms with E-state index in [0.717, 1.165) is 12.2 Å². The minimum absolute atomic E-state index is 0.285. The molecule has 2 N–H and O–H groups in total. The van der Waals surface area contributed by atoms with Crippen LogP contribution in [0.2, 0.25) is 0 Å². The number of nitro benzene ring substituents is 1. The van der Waals surface area contributed by atoms with Crippen LogP contribution in [0.5, 0.6) is 0 Å². The van der Waals surface area contributed by atoms with Crippen molar-refractivity contribution < 1.29 is 18.5 Å². The molecule has 0 aromatic heterocycles. The molecule has 1 rings (SSSR count). The van der Waals surface area contributed by atoms with Crippen molar-refractivity contribution in [3.05, 3.63) is 45.5 Å². The number of primary amides is 1. The molecule has 0 atom stereocenters. The van der Waals surface area contributed by atoms with E-state index >= 15 is 0 Å². The summed E-state index contributed by atoms with van der Waals surface area (Å²) in [6, 6.07) is 1.06. The Kier molecular flexibility index (Phi) is 3.29. The van der Waals surface area contributed by atoms with Gasteiger partial charge in [0.05, 0.1) is 4.92 Å². The van der Waals surface area contributed by atoms with Gasteiger partial charge < -0.3 is 5.73 Å². The first-order valence-corrected chi connectivity index (χ1v) is 4.02. The normalized spacial score (nSPS) is 10.6. The molecule has 1 aromatic rings. The van der Waals surface area contributed by atoms with Gasteiger partial charge in [0, 0.05) is 23.8 Å². The summed E-state index contributed by atoms with van der Waals surface area (Å²) in [6.07, 6.45) is 1.75. The van der Waals surface area contributed by atoms with Gasteiger partial charge >= 0.3 is 5.69 Å². The smallest absolute Gasteiger partial charge is 0.305 e. The van der Waals surface area contributed by atoms with E-state index in [1.807, 2.05) is 0 Å². The third-order valence-electron chi connectivity index (χ3n) is 1.69. The summed E-state index contributed by atoms with van der Waals surface area (Å²) in [5, 5.41) is 10.4. The van der Waals surface area contributed by atoms with E-state index in [2.05, 4.69) is 0 Å². The number of hydrogen-bond donors (Lipinski definition) is 1. The van der Waals surface area contributed by atoms with E-state index in [9.17, 15) is 23.7 Å². The maximum absolute atomic E-state index is 13.1. The lowest BCUT2D eigenvalue weighted by molar-refractivity contribution is -0.387. The van der Waals surface area contributed by atoms with E-state index in [0.29, 0.717) is 12.1 Å². The molecule has 0 radical (unpaired) electrons. The molecule has 0 heterocycles. The number of nitrogens with two attached hydrogens (primary N) is 1. The average molecular weight is 228 g/mol. The van der Waals surface area contributed by atoms with E-state index < -0.39 is 28.2 Å². The van der Waals surface area contributed by atoms with E-state index in [-0.39, 0.29) is 5.56 Å². The maximum atomic E-state index is 13.1. The summed E-state index contributed by atoms with van der Waals surface area (Å²) in [5.41, 5.74) is 3.61. The van der Waals surface area contributed by atoms with Crippen molar-refractivity contribution >= 4 is 17.7 Å². The number of halogens is 2. The molecule has 1 amide bonds. The second-order valence-corrected chi connectivity index (χ2v) is 2.82. The highest BCUT2D eigenvalue weighted by atomic mass is 19.1. The third kappa shape index (κ3) is 2.59. The summed E-state index contributed by atoms with van der Waals surface area (Å²) >= 11 is 0. The number of benzene rings is 1. The number of nitrogens with zero attached hydrogens (tertiary/aromatic N) is 1. The molecule has 0 aliphatic heterocycles. The average Bonchev–Trinajstić information content (AvgIpc) is 2.15. The van der Waals surface area contributed by atoms with Crippen molar-refractivity contribution in [3.63, 3.8) is 0 Å². The minimum atomic E-state index is -1.28. The van der Waals surface area contributed by atoms with Gasteiger partial charge in [0.2, 0.25) is 11.7 Å². The first-order chi connectivity index (χ1) is 7.41. The molecule has 0 fully saturated rings. The highest BCUT2D eigenvalue weighted by Gasteiger charge is 2.17. The molecule has 0 saturated carbocycles. The Balaban J connectivity index is 3.25. The lowest BCUT2D eigenvalue weighted by Gasteiger charge is -1.98. The maximum Gasteiger partial charge on any atom is 0.305 e. The number of nitro groups is 1. The van der Waals surface area contributed by atoms with Crippen LogP contribution in [0, 0.1) is 21.7 Å². The van der Waals surface area contributed by atoms with E-state index in [4.69, 9.17) is 5.73 Å². The van der Waals surface area contributed by atoms with Crippen LogP contribution >= 0.6 is 0 Å².